The third-order valence-corrected chi connectivity index (χ3v) is 4.71. The van der Waals surface area contributed by atoms with Crippen molar-refractivity contribution >= 4 is 11.6 Å². The number of benzene rings is 1. The highest BCUT2D eigenvalue weighted by Crippen LogP contribution is 2.18. The first kappa shape index (κ1) is 19.7. The summed E-state index contributed by atoms with van der Waals surface area (Å²) < 4.78 is 11.1. The van der Waals surface area contributed by atoms with Crippen LogP contribution in [0, 0.1) is 0 Å². The molecule has 2 aliphatic rings. The highest BCUT2D eigenvalue weighted by molar-refractivity contribution is 5.79. The fourth-order valence-electron chi connectivity index (χ4n) is 3.23. The molecule has 1 saturated heterocycles. The molecule has 0 aliphatic carbocycles. The monoisotopic (exact) mass is 372 g/mol. The number of aliphatic imine (C=N–C) groups is 1. The summed E-state index contributed by atoms with van der Waals surface area (Å²) in [6.45, 7) is 8.76. The van der Waals surface area contributed by atoms with Crippen LogP contribution in [0.2, 0.25) is 0 Å². The van der Waals surface area contributed by atoms with E-state index in [-0.39, 0.29) is 6.10 Å². The summed E-state index contributed by atoms with van der Waals surface area (Å²) in [6, 6.07) is 8.65. The Morgan fingerprint density at radius 3 is 2.96 bits per heavy atom. The Balaban J connectivity index is 1.43. The third-order valence-electron chi connectivity index (χ3n) is 4.71. The molecule has 2 aliphatic heterocycles. The summed E-state index contributed by atoms with van der Waals surface area (Å²) in [7, 11) is 0. The first-order chi connectivity index (χ1) is 13.3. The Kier molecular flexibility index (Phi) is 7.99. The maximum Gasteiger partial charge on any atom is 0.191 e. The molecule has 0 bridgehead atoms. The molecule has 0 saturated carbocycles. The van der Waals surface area contributed by atoms with Gasteiger partial charge < -0.3 is 25.0 Å². The number of hydrogen-bond donors (Lipinski definition) is 2. The van der Waals surface area contributed by atoms with Crippen molar-refractivity contribution in [3.63, 3.8) is 0 Å². The molecule has 6 nitrogen and oxygen atoms in total. The fraction of sp³-hybridized carbons (Fsp3) is 0.571. The van der Waals surface area contributed by atoms with Crippen LogP contribution < -0.4 is 15.5 Å². The topological polar surface area (TPSA) is 58.1 Å². The van der Waals surface area contributed by atoms with Gasteiger partial charge in [-0.1, -0.05) is 24.3 Å². The molecule has 0 radical (unpaired) electrons. The van der Waals surface area contributed by atoms with Crippen LogP contribution >= 0.6 is 0 Å². The van der Waals surface area contributed by atoms with Gasteiger partial charge in [0.2, 0.25) is 0 Å². The summed E-state index contributed by atoms with van der Waals surface area (Å²) in [5.41, 5.74) is 2.49. The minimum atomic E-state index is 0.282. The van der Waals surface area contributed by atoms with Crippen molar-refractivity contribution in [2.45, 2.75) is 32.4 Å². The quantitative estimate of drug-likeness (QED) is 0.302. The summed E-state index contributed by atoms with van der Waals surface area (Å²) in [4.78, 5) is 7.08. The molecule has 1 unspecified atom stereocenters. The van der Waals surface area contributed by atoms with Crippen LogP contribution in [0.4, 0.5) is 5.69 Å². The van der Waals surface area contributed by atoms with Gasteiger partial charge >= 0.3 is 0 Å². The van der Waals surface area contributed by atoms with Crippen molar-refractivity contribution in [3.05, 3.63) is 42.0 Å². The smallest absolute Gasteiger partial charge is 0.191 e. The highest BCUT2D eigenvalue weighted by Gasteiger charge is 2.15. The van der Waals surface area contributed by atoms with Gasteiger partial charge in [0, 0.05) is 45.1 Å². The SMILES string of the molecule is CCNC(=NCc1cccc(N2CC=CC2)c1)NCCCOC1CCOC1. The van der Waals surface area contributed by atoms with Crippen LogP contribution in [0.3, 0.4) is 0 Å². The van der Waals surface area contributed by atoms with Crippen molar-refractivity contribution in [3.8, 4) is 0 Å². The van der Waals surface area contributed by atoms with E-state index < -0.39 is 0 Å². The largest absolute Gasteiger partial charge is 0.379 e. The summed E-state index contributed by atoms with van der Waals surface area (Å²) in [5, 5.41) is 6.71. The van der Waals surface area contributed by atoms with E-state index in [1.165, 1.54) is 11.3 Å². The zero-order chi connectivity index (χ0) is 18.7. The van der Waals surface area contributed by atoms with Gasteiger partial charge in [-0.2, -0.15) is 0 Å². The van der Waals surface area contributed by atoms with Crippen molar-refractivity contribution in [1.29, 1.82) is 0 Å². The van der Waals surface area contributed by atoms with E-state index in [9.17, 15) is 0 Å². The summed E-state index contributed by atoms with van der Waals surface area (Å²) in [5.74, 6) is 0.856. The number of guanidine groups is 1. The summed E-state index contributed by atoms with van der Waals surface area (Å²) >= 11 is 0. The van der Waals surface area contributed by atoms with E-state index in [1.54, 1.807) is 0 Å². The Morgan fingerprint density at radius 2 is 2.19 bits per heavy atom. The van der Waals surface area contributed by atoms with Gasteiger partial charge in [-0.15, -0.1) is 0 Å². The number of anilines is 1. The molecule has 2 heterocycles. The molecule has 3 rings (SSSR count). The van der Waals surface area contributed by atoms with Gasteiger partial charge in [0.15, 0.2) is 5.96 Å². The van der Waals surface area contributed by atoms with Crippen LogP contribution in [0.15, 0.2) is 41.4 Å². The first-order valence-electron chi connectivity index (χ1n) is 10.1. The average Bonchev–Trinajstić information content (AvgIpc) is 3.40. The molecule has 0 amide bonds. The average molecular weight is 373 g/mol. The molecule has 148 valence electrons. The second-order valence-corrected chi connectivity index (χ2v) is 6.88. The zero-order valence-electron chi connectivity index (χ0n) is 16.3. The van der Waals surface area contributed by atoms with Crippen molar-refractivity contribution < 1.29 is 9.47 Å². The maximum atomic E-state index is 5.80. The number of ether oxygens (including phenoxy) is 2. The fourth-order valence-corrected chi connectivity index (χ4v) is 3.23. The van der Waals surface area contributed by atoms with Crippen LogP contribution in [0.5, 0.6) is 0 Å². The zero-order valence-corrected chi connectivity index (χ0v) is 16.3. The van der Waals surface area contributed by atoms with Crippen LogP contribution in [-0.4, -0.2) is 58.1 Å². The Labute approximate surface area is 162 Å². The van der Waals surface area contributed by atoms with E-state index in [0.29, 0.717) is 6.54 Å². The minimum Gasteiger partial charge on any atom is -0.379 e. The number of rotatable bonds is 9. The van der Waals surface area contributed by atoms with E-state index in [4.69, 9.17) is 14.5 Å². The lowest BCUT2D eigenvalue weighted by Gasteiger charge is -2.18. The van der Waals surface area contributed by atoms with Crippen molar-refractivity contribution in [1.82, 2.24) is 10.6 Å². The van der Waals surface area contributed by atoms with E-state index in [0.717, 1.165) is 64.8 Å². The van der Waals surface area contributed by atoms with Gasteiger partial charge in [-0.05, 0) is 37.5 Å². The van der Waals surface area contributed by atoms with Gasteiger partial charge in [-0.3, -0.25) is 0 Å². The van der Waals surface area contributed by atoms with Gasteiger partial charge in [0.25, 0.3) is 0 Å². The Bertz CT molecular complexity index is 618. The maximum absolute atomic E-state index is 5.80. The third kappa shape index (κ3) is 6.56. The predicted octanol–water partition coefficient (Wildman–Crippen LogP) is 2.31. The molecule has 27 heavy (non-hydrogen) atoms. The van der Waals surface area contributed by atoms with Crippen LogP contribution in [0.25, 0.3) is 0 Å². The standard InChI is InChI=1S/C21H32N4O2/c1-2-22-21(23-10-6-13-27-20-9-14-26-17-20)24-16-18-7-5-8-19(15-18)25-11-3-4-12-25/h3-5,7-8,15,20H,2,6,9-14,16-17H2,1H3,(H2,22,23,24). The lowest BCUT2D eigenvalue weighted by atomic mass is 10.2. The molecule has 0 spiro atoms. The van der Waals surface area contributed by atoms with Crippen LogP contribution in [0.1, 0.15) is 25.3 Å². The Hall–Kier alpha value is -2.05. The Morgan fingerprint density at radius 1 is 1.30 bits per heavy atom. The molecule has 0 aromatic heterocycles. The molecule has 1 aromatic rings. The van der Waals surface area contributed by atoms with E-state index >= 15 is 0 Å². The molecular formula is C21H32N4O2. The molecule has 1 atom stereocenters. The molecule has 1 aromatic carbocycles. The predicted molar refractivity (Wildman–Crippen MR) is 110 cm³/mol. The number of nitrogens with zero attached hydrogens (tertiary/aromatic N) is 2. The van der Waals surface area contributed by atoms with Gasteiger partial charge in [-0.25, -0.2) is 4.99 Å². The molecular weight excluding hydrogens is 340 g/mol. The number of hydrogen-bond acceptors (Lipinski definition) is 4. The number of nitrogens with one attached hydrogen (secondary N) is 2. The molecule has 2 N–H and O–H groups in total. The normalized spacial score (nSPS) is 19.7. The lowest BCUT2D eigenvalue weighted by Crippen LogP contribution is -2.38. The van der Waals surface area contributed by atoms with Crippen LogP contribution in [-0.2, 0) is 16.0 Å². The van der Waals surface area contributed by atoms with Crippen molar-refractivity contribution in [2.24, 2.45) is 4.99 Å². The second-order valence-electron chi connectivity index (χ2n) is 6.88. The van der Waals surface area contributed by atoms with E-state index in [1.807, 2.05) is 0 Å². The minimum absolute atomic E-state index is 0.282. The van der Waals surface area contributed by atoms with Crippen molar-refractivity contribution in [2.75, 3.05) is 50.9 Å². The molecule has 1 fully saturated rings. The first-order valence-corrected chi connectivity index (χ1v) is 10.1. The highest BCUT2D eigenvalue weighted by atomic mass is 16.5. The van der Waals surface area contributed by atoms with E-state index in [2.05, 4.69) is 58.9 Å². The second kappa shape index (κ2) is 10.9. The molecule has 6 heteroatoms. The summed E-state index contributed by atoms with van der Waals surface area (Å²) in [6.07, 6.45) is 6.68. The lowest BCUT2D eigenvalue weighted by molar-refractivity contribution is 0.0420. The van der Waals surface area contributed by atoms with Gasteiger partial charge in [0.05, 0.1) is 19.3 Å². The van der Waals surface area contributed by atoms with Gasteiger partial charge in [0.1, 0.15) is 0 Å².